The summed E-state index contributed by atoms with van der Waals surface area (Å²) in [5.74, 6) is 0. The number of halogens is 1. The number of hydrogen-bond donors (Lipinski definition) is 1. The van der Waals surface area contributed by atoms with Gasteiger partial charge in [0.15, 0.2) is 0 Å². The first kappa shape index (κ1) is 8.10. The molecule has 0 radical (unpaired) electrons. The van der Waals surface area contributed by atoms with Crippen LogP contribution in [0.1, 0.15) is 31.7 Å². The number of rotatable bonds is 1. The Morgan fingerprint density at radius 2 is 2.17 bits per heavy atom. The summed E-state index contributed by atoms with van der Waals surface area (Å²) in [6, 6.07) is 0.415. The van der Waals surface area contributed by atoms with E-state index in [1.54, 1.807) is 6.20 Å². The maximum Gasteiger partial charge on any atom is 0.326 e. The predicted octanol–water partition coefficient (Wildman–Crippen LogP) is 2.05. The molecule has 0 saturated heterocycles. The minimum atomic E-state index is 0.00813. The third kappa shape index (κ3) is 1.24. The summed E-state index contributed by atoms with van der Waals surface area (Å²) in [6.07, 6.45) is 6.47. The van der Waals surface area contributed by atoms with E-state index in [1.165, 1.54) is 12.8 Å². The van der Waals surface area contributed by atoms with E-state index in [0.29, 0.717) is 6.04 Å². The third-order valence-electron chi connectivity index (χ3n) is 2.45. The Kier molecular flexibility index (Phi) is 2.09. The van der Waals surface area contributed by atoms with Crippen molar-refractivity contribution in [1.82, 2.24) is 9.55 Å². The highest BCUT2D eigenvalue weighted by Crippen LogP contribution is 2.30. The molecular weight excluding hydrogens is 220 g/mol. The highest BCUT2D eigenvalue weighted by atomic mass is 79.9. The fourth-order valence-electron chi connectivity index (χ4n) is 1.86. The number of H-pyrrole nitrogens is 1. The van der Waals surface area contributed by atoms with E-state index >= 15 is 0 Å². The summed E-state index contributed by atoms with van der Waals surface area (Å²) in [6.45, 7) is 0. The van der Waals surface area contributed by atoms with Crippen molar-refractivity contribution in [2.24, 2.45) is 0 Å². The monoisotopic (exact) mass is 230 g/mol. The van der Waals surface area contributed by atoms with Gasteiger partial charge in [0.05, 0.1) is 0 Å². The number of hydrogen-bond acceptors (Lipinski definition) is 1. The molecule has 0 unspecified atom stereocenters. The largest absolute Gasteiger partial charge is 0.326 e. The molecule has 1 saturated carbocycles. The molecule has 1 aromatic heterocycles. The molecule has 1 fully saturated rings. The summed E-state index contributed by atoms with van der Waals surface area (Å²) in [7, 11) is 0. The standard InChI is InChI=1S/C8H11BrN2O/c9-7-5-10-8(12)11(7)6-3-1-2-4-6/h5-6H,1-4H2,(H,10,12). The van der Waals surface area contributed by atoms with E-state index < -0.39 is 0 Å². The lowest BCUT2D eigenvalue weighted by Gasteiger charge is -2.10. The number of imidazole rings is 1. The second-order valence-electron chi connectivity index (χ2n) is 3.22. The number of nitrogens with zero attached hydrogens (tertiary/aromatic N) is 1. The van der Waals surface area contributed by atoms with Crippen LogP contribution in [0.15, 0.2) is 15.6 Å². The van der Waals surface area contributed by atoms with Crippen LogP contribution in [-0.2, 0) is 0 Å². The van der Waals surface area contributed by atoms with Crippen molar-refractivity contribution in [3.63, 3.8) is 0 Å². The smallest absolute Gasteiger partial charge is 0.312 e. The molecule has 1 aromatic rings. The van der Waals surface area contributed by atoms with Crippen molar-refractivity contribution >= 4 is 15.9 Å². The Balaban J connectivity index is 2.37. The van der Waals surface area contributed by atoms with Crippen molar-refractivity contribution in [1.29, 1.82) is 0 Å². The minimum Gasteiger partial charge on any atom is -0.312 e. The summed E-state index contributed by atoms with van der Waals surface area (Å²) >= 11 is 3.36. The van der Waals surface area contributed by atoms with Crippen molar-refractivity contribution in [3.8, 4) is 0 Å². The summed E-state index contributed by atoms with van der Waals surface area (Å²) in [5, 5.41) is 0. The normalized spacial score (nSPS) is 18.8. The first-order chi connectivity index (χ1) is 5.79. The van der Waals surface area contributed by atoms with Crippen LogP contribution in [0.3, 0.4) is 0 Å². The molecule has 12 heavy (non-hydrogen) atoms. The molecule has 2 rings (SSSR count). The van der Waals surface area contributed by atoms with Gasteiger partial charge in [-0.1, -0.05) is 12.8 Å². The van der Waals surface area contributed by atoms with Gasteiger partial charge in [-0.05, 0) is 28.8 Å². The predicted molar refractivity (Wildman–Crippen MR) is 50.3 cm³/mol. The molecule has 4 heteroatoms. The fourth-order valence-corrected chi connectivity index (χ4v) is 2.43. The molecule has 0 spiro atoms. The van der Waals surface area contributed by atoms with Gasteiger partial charge in [-0.25, -0.2) is 4.79 Å². The van der Waals surface area contributed by atoms with Crippen molar-refractivity contribution in [2.75, 3.05) is 0 Å². The van der Waals surface area contributed by atoms with Crippen LogP contribution in [0.25, 0.3) is 0 Å². The Labute approximate surface area is 78.9 Å². The van der Waals surface area contributed by atoms with Crippen LogP contribution in [0.5, 0.6) is 0 Å². The van der Waals surface area contributed by atoms with E-state index in [1.807, 2.05) is 4.57 Å². The van der Waals surface area contributed by atoms with Gasteiger partial charge in [-0.15, -0.1) is 0 Å². The van der Waals surface area contributed by atoms with E-state index in [0.717, 1.165) is 17.4 Å². The average Bonchev–Trinajstić information content (AvgIpc) is 2.61. The quantitative estimate of drug-likeness (QED) is 0.789. The van der Waals surface area contributed by atoms with Gasteiger partial charge in [0.1, 0.15) is 4.60 Å². The molecule has 0 aromatic carbocycles. The molecule has 1 aliphatic carbocycles. The molecule has 0 amide bonds. The average molecular weight is 231 g/mol. The molecule has 3 nitrogen and oxygen atoms in total. The lowest BCUT2D eigenvalue weighted by atomic mass is 10.2. The highest BCUT2D eigenvalue weighted by Gasteiger charge is 2.20. The van der Waals surface area contributed by atoms with Crippen LogP contribution in [0.2, 0.25) is 0 Å². The van der Waals surface area contributed by atoms with Crippen molar-refractivity contribution in [3.05, 3.63) is 21.3 Å². The van der Waals surface area contributed by atoms with E-state index in [-0.39, 0.29) is 5.69 Å². The molecule has 66 valence electrons. The summed E-state index contributed by atoms with van der Waals surface area (Å²) in [4.78, 5) is 14.0. The van der Waals surface area contributed by atoms with Gasteiger partial charge in [0.2, 0.25) is 0 Å². The molecule has 1 heterocycles. The van der Waals surface area contributed by atoms with E-state index in [4.69, 9.17) is 0 Å². The molecule has 0 bridgehead atoms. The second kappa shape index (κ2) is 3.09. The van der Waals surface area contributed by atoms with Gasteiger partial charge in [-0.2, -0.15) is 0 Å². The van der Waals surface area contributed by atoms with Crippen LogP contribution < -0.4 is 5.69 Å². The Morgan fingerprint density at radius 3 is 2.67 bits per heavy atom. The Bertz CT molecular complexity index is 322. The second-order valence-corrected chi connectivity index (χ2v) is 4.04. The van der Waals surface area contributed by atoms with Crippen LogP contribution in [-0.4, -0.2) is 9.55 Å². The molecular formula is C8H11BrN2O. The number of aromatic nitrogens is 2. The third-order valence-corrected chi connectivity index (χ3v) is 3.06. The zero-order chi connectivity index (χ0) is 8.55. The lowest BCUT2D eigenvalue weighted by Crippen LogP contribution is -2.20. The zero-order valence-corrected chi connectivity index (χ0v) is 8.30. The maximum absolute atomic E-state index is 11.3. The van der Waals surface area contributed by atoms with Gasteiger partial charge in [0, 0.05) is 12.2 Å². The van der Waals surface area contributed by atoms with Crippen LogP contribution >= 0.6 is 15.9 Å². The first-order valence-electron chi connectivity index (χ1n) is 4.24. The maximum atomic E-state index is 11.3. The van der Waals surface area contributed by atoms with Gasteiger partial charge in [0.25, 0.3) is 0 Å². The highest BCUT2D eigenvalue weighted by molar-refractivity contribution is 9.10. The van der Waals surface area contributed by atoms with Crippen LogP contribution in [0, 0.1) is 0 Å². The zero-order valence-electron chi connectivity index (χ0n) is 6.72. The topological polar surface area (TPSA) is 37.8 Å². The van der Waals surface area contributed by atoms with Gasteiger partial charge < -0.3 is 4.98 Å². The molecule has 0 aliphatic heterocycles. The van der Waals surface area contributed by atoms with Crippen molar-refractivity contribution < 1.29 is 0 Å². The number of nitrogens with one attached hydrogen (secondary N) is 1. The van der Waals surface area contributed by atoms with E-state index in [9.17, 15) is 4.79 Å². The minimum absolute atomic E-state index is 0.00813. The van der Waals surface area contributed by atoms with Crippen LogP contribution in [0.4, 0.5) is 0 Å². The molecule has 1 N–H and O–H groups in total. The van der Waals surface area contributed by atoms with Crippen molar-refractivity contribution in [2.45, 2.75) is 31.7 Å². The molecule has 1 aliphatic rings. The summed E-state index contributed by atoms with van der Waals surface area (Å²) in [5.41, 5.74) is 0.00813. The fraction of sp³-hybridized carbons (Fsp3) is 0.625. The van der Waals surface area contributed by atoms with Gasteiger partial charge in [-0.3, -0.25) is 4.57 Å². The molecule has 0 atom stereocenters. The summed E-state index contributed by atoms with van der Waals surface area (Å²) < 4.78 is 2.69. The van der Waals surface area contributed by atoms with Gasteiger partial charge >= 0.3 is 5.69 Å². The number of aromatic amines is 1. The Hall–Kier alpha value is -0.510. The lowest BCUT2D eigenvalue weighted by molar-refractivity contribution is 0.496. The Morgan fingerprint density at radius 1 is 1.50 bits per heavy atom. The first-order valence-corrected chi connectivity index (χ1v) is 5.04. The SMILES string of the molecule is O=c1[nH]cc(Br)n1C1CCCC1. The van der Waals surface area contributed by atoms with E-state index in [2.05, 4.69) is 20.9 Å².